The number of hydrogen-bond donors (Lipinski definition) is 0. The molecule has 2 bridgehead atoms. The van der Waals surface area contributed by atoms with Crippen LogP contribution in [0.3, 0.4) is 0 Å². The van der Waals surface area contributed by atoms with Crippen molar-refractivity contribution in [2.24, 2.45) is 17.8 Å². The van der Waals surface area contributed by atoms with Gasteiger partial charge in [0.05, 0.1) is 5.92 Å². The van der Waals surface area contributed by atoms with E-state index in [9.17, 15) is 9.18 Å². The molecule has 0 N–H and O–H groups in total. The van der Waals surface area contributed by atoms with E-state index in [0.29, 0.717) is 0 Å². The summed E-state index contributed by atoms with van der Waals surface area (Å²) in [5.74, 6) is 0.253. The quantitative estimate of drug-likeness (QED) is 0.487. The zero-order valence-corrected chi connectivity index (χ0v) is 6.00. The Labute approximate surface area is 63.7 Å². The number of esters is 1. The van der Waals surface area contributed by atoms with Crippen molar-refractivity contribution >= 4 is 5.97 Å². The van der Waals surface area contributed by atoms with Gasteiger partial charge < -0.3 is 4.74 Å². The average molecular weight is 156 g/mol. The molecule has 0 unspecified atom stereocenters. The minimum Gasteiger partial charge on any atom is -0.459 e. The number of carbonyl (C=O) groups is 1. The molecular weight excluding hydrogens is 147 g/mol. The number of fused-ring (bicyclic) bond motifs is 1. The highest BCUT2D eigenvalue weighted by molar-refractivity contribution is 5.76. The molecule has 1 saturated heterocycles. The van der Waals surface area contributed by atoms with Crippen LogP contribution in [0.4, 0.5) is 4.39 Å². The van der Waals surface area contributed by atoms with E-state index in [1.165, 1.54) is 0 Å². The molecular formula is C8H9FO2. The minimum absolute atomic E-state index is 0.0528. The highest BCUT2D eigenvalue weighted by Crippen LogP contribution is 2.55. The van der Waals surface area contributed by atoms with Crippen molar-refractivity contribution in [3.8, 4) is 0 Å². The molecule has 3 fully saturated rings. The van der Waals surface area contributed by atoms with Gasteiger partial charge >= 0.3 is 5.97 Å². The number of halogens is 1. The van der Waals surface area contributed by atoms with Gasteiger partial charge in [-0.15, -0.1) is 0 Å². The molecule has 3 heteroatoms. The molecule has 2 saturated carbocycles. The lowest BCUT2D eigenvalue weighted by Gasteiger charge is -2.17. The van der Waals surface area contributed by atoms with Gasteiger partial charge in [-0.05, 0) is 18.8 Å². The molecule has 11 heavy (non-hydrogen) atoms. The highest BCUT2D eigenvalue weighted by atomic mass is 19.1. The Morgan fingerprint density at radius 3 is 2.91 bits per heavy atom. The Morgan fingerprint density at radius 1 is 1.45 bits per heavy atom. The van der Waals surface area contributed by atoms with E-state index in [1.54, 1.807) is 0 Å². The summed E-state index contributed by atoms with van der Waals surface area (Å²) in [6.45, 7) is 0. The fourth-order valence-corrected chi connectivity index (χ4v) is 2.88. The smallest absolute Gasteiger partial charge is 0.309 e. The fraction of sp³-hybridized carbons (Fsp3) is 0.875. The van der Waals surface area contributed by atoms with Crippen molar-refractivity contribution in [2.75, 3.05) is 0 Å². The van der Waals surface area contributed by atoms with Crippen LogP contribution < -0.4 is 0 Å². The van der Waals surface area contributed by atoms with E-state index in [0.717, 1.165) is 12.8 Å². The summed E-state index contributed by atoms with van der Waals surface area (Å²) < 4.78 is 18.1. The van der Waals surface area contributed by atoms with E-state index < -0.39 is 6.17 Å². The van der Waals surface area contributed by atoms with Crippen LogP contribution in [-0.4, -0.2) is 18.2 Å². The summed E-state index contributed by atoms with van der Waals surface area (Å²) in [4.78, 5) is 11.0. The normalized spacial score (nSPS) is 58.6. The second-order valence-electron chi connectivity index (χ2n) is 3.85. The Hall–Kier alpha value is -0.600. The predicted molar refractivity (Wildman–Crippen MR) is 34.5 cm³/mol. The molecule has 2 nitrogen and oxygen atoms in total. The van der Waals surface area contributed by atoms with Crippen LogP contribution in [0.1, 0.15) is 12.8 Å². The van der Waals surface area contributed by atoms with Crippen LogP contribution in [0.5, 0.6) is 0 Å². The second-order valence-corrected chi connectivity index (χ2v) is 3.85. The number of rotatable bonds is 0. The fourth-order valence-electron chi connectivity index (χ4n) is 2.88. The first-order valence-electron chi connectivity index (χ1n) is 4.12. The van der Waals surface area contributed by atoms with Gasteiger partial charge in [-0.25, -0.2) is 4.39 Å². The van der Waals surface area contributed by atoms with Crippen molar-refractivity contribution in [3.05, 3.63) is 0 Å². The predicted octanol–water partition coefficient (Wildman–Crippen LogP) is 0.906. The third kappa shape index (κ3) is 0.522. The van der Waals surface area contributed by atoms with Crippen molar-refractivity contribution in [2.45, 2.75) is 25.1 Å². The van der Waals surface area contributed by atoms with Crippen LogP contribution in [-0.2, 0) is 9.53 Å². The van der Waals surface area contributed by atoms with Crippen LogP contribution in [0.2, 0.25) is 0 Å². The number of hydrogen-bond acceptors (Lipinski definition) is 2. The summed E-state index contributed by atoms with van der Waals surface area (Å²) in [5.41, 5.74) is 0. The van der Waals surface area contributed by atoms with E-state index in [1.807, 2.05) is 0 Å². The molecule has 60 valence electrons. The van der Waals surface area contributed by atoms with E-state index in [2.05, 4.69) is 0 Å². The highest BCUT2D eigenvalue weighted by Gasteiger charge is 2.62. The van der Waals surface area contributed by atoms with Gasteiger partial charge in [-0.3, -0.25) is 4.79 Å². The first kappa shape index (κ1) is 5.98. The maximum atomic E-state index is 13.2. The van der Waals surface area contributed by atoms with Crippen molar-refractivity contribution < 1.29 is 13.9 Å². The summed E-state index contributed by atoms with van der Waals surface area (Å²) in [6, 6.07) is 0. The molecule has 0 aromatic carbocycles. The maximum Gasteiger partial charge on any atom is 0.309 e. The van der Waals surface area contributed by atoms with Gasteiger partial charge in [0.25, 0.3) is 0 Å². The largest absolute Gasteiger partial charge is 0.459 e. The van der Waals surface area contributed by atoms with Crippen LogP contribution in [0, 0.1) is 17.8 Å². The lowest BCUT2D eigenvalue weighted by molar-refractivity contribution is -0.144. The Kier molecular flexibility index (Phi) is 0.866. The van der Waals surface area contributed by atoms with Gasteiger partial charge in [0.1, 0.15) is 12.3 Å². The average Bonchev–Trinajstić information content (AvgIpc) is 2.53. The van der Waals surface area contributed by atoms with E-state index in [-0.39, 0.29) is 29.8 Å². The van der Waals surface area contributed by atoms with Crippen molar-refractivity contribution in [1.29, 1.82) is 0 Å². The van der Waals surface area contributed by atoms with Gasteiger partial charge in [-0.1, -0.05) is 0 Å². The number of carbonyl (C=O) groups excluding carboxylic acids is 1. The third-order valence-corrected chi connectivity index (χ3v) is 3.39. The molecule has 1 heterocycles. The molecule has 0 aromatic heterocycles. The molecule has 2 aliphatic carbocycles. The Bertz CT molecular complexity index is 228. The molecule has 1 aliphatic heterocycles. The zero-order valence-electron chi connectivity index (χ0n) is 6.00. The van der Waals surface area contributed by atoms with Crippen LogP contribution >= 0.6 is 0 Å². The molecule has 0 aromatic rings. The topological polar surface area (TPSA) is 26.3 Å². The van der Waals surface area contributed by atoms with E-state index >= 15 is 0 Å². The molecule has 5 atom stereocenters. The zero-order chi connectivity index (χ0) is 7.59. The lowest BCUT2D eigenvalue weighted by atomic mass is 9.89. The molecule has 0 amide bonds. The molecule has 3 aliphatic rings. The maximum absolute atomic E-state index is 13.2. The number of alkyl halides is 1. The lowest BCUT2D eigenvalue weighted by Crippen LogP contribution is -2.27. The minimum atomic E-state index is -0.859. The monoisotopic (exact) mass is 156 g/mol. The second kappa shape index (κ2) is 1.59. The SMILES string of the molecule is O=C1O[C@@H]2[C@@H](F)[C@H]3C[C@H]2[C@@H]1C3. The van der Waals surface area contributed by atoms with Crippen molar-refractivity contribution in [1.82, 2.24) is 0 Å². The first-order valence-corrected chi connectivity index (χ1v) is 4.12. The van der Waals surface area contributed by atoms with Gasteiger partial charge in [-0.2, -0.15) is 0 Å². The molecule has 3 rings (SSSR count). The number of ether oxygens (including phenoxy) is 1. The summed E-state index contributed by atoms with van der Waals surface area (Å²) >= 11 is 0. The van der Waals surface area contributed by atoms with Gasteiger partial charge in [0.2, 0.25) is 0 Å². The van der Waals surface area contributed by atoms with Gasteiger partial charge in [0, 0.05) is 5.92 Å². The summed E-state index contributed by atoms with van der Waals surface area (Å²) in [5, 5.41) is 0. The van der Waals surface area contributed by atoms with Crippen LogP contribution in [0.25, 0.3) is 0 Å². The third-order valence-electron chi connectivity index (χ3n) is 3.39. The molecule has 0 radical (unpaired) electrons. The Morgan fingerprint density at radius 2 is 2.27 bits per heavy atom. The molecule has 0 spiro atoms. The summed E-state index contributed by atoms with van der Waals surface area (Å²) in [6.07, 6.45) is 0.387. The van der Waals surface area contributed by atoms with Crippen LogP contribution in [0.15, 0.2) is 0 Å². The van der Waals surface area contributed by atoms with E-state index in [4.69, 9.17) is 4.74 Å². The summed E-state index contributed by atoms with van der Waals surface area (Å²) in [7, 11) is 0. The first-order chi connectivity index (χ1) is 5.27. The van der Waals surface area contributed by atoms with Crippen molar-refractivity contribution in [3.63, 3.8) is 0 Å². The standard InChI is InChI=1S/C8H9FO2/c9-6-3-1-4-5(2-3)8(10)11-7(4)6/h3-7H,1-2H2/t3-,4-,5-,6-,7-/m0/s1. The van der Waals surface area contributed by atoms with Gasteiger partial charge in [0.15, 0.2) is 0 Å². The Balaban J connectivity index is 2.04.